The van der Waals surface area contributed by atoms with Crippen LogP contribution < -0.4 is 10.2 Å². The van der Waals surface area contributed by atoms with Crippen molar-refractivity contribution in [1.29, 1.82) is 0 Å². The summed E-state index contributed by atoms with van der Waals surface area (Å²) in [4.78, 5) is 30.3. The van der Waals surface area contributed by atoms with Crippen LogP contribution in [0.2, 0.25) is 0 Å². The summed E-state index contributed by atoms with van der Waals surface area (Å²) in [6.45, 7) is 5.21. The summed E-state index contributed by atoms with van der Waals surface area (Å²) in [6.07, 6.45) is 1.74. The SMILES string of the molecule is CC(C)C[C@H](NC(=O)C1CCN(c2nc3ccccc3o2)CC1)C(=O)O. The molecule has 1 aromatic heterocycles. The van der Waals surface area contributed by atoms with Crippen LogP contribution in [0.25, 0.3) is 11.1 Å². The van der Waals surface area contributed by atoms with Crippen LogP contribution in [0, 0.1) is 11.8 Å². The Hall–Kier alpha value is -2.57. The second-order valence-corrected chi connectivity index (χ2v) is 7.25. The first kappa shape index (κ1) is 18.2. The molecule has 26 heavy (non-hydrogen) atoms. The van der Waals surface area contributed by atoms with Gasteiger partial charge in [-0.3, -0.25) is 4.79 Å². The Bertz CT molecular complexity index is 745. The number of hydrogen-bond donors (Lipinski definition) is 2. The van der Waals surface area contributed by atoms with E-state index in [1.165, 1.54) is 0 Å². The second-order valence-electron chi connectivity index (χ2n) is 7.25. The van der Waals surface area contributed by atoms with Crippen molar-refractivity contribution in [3.05, 3.63) is 24.3 Å². The Kier molecular flexibility index (Phi) is 5.44. The Morgan fingerprint density at radius 3 is 2.62 bits per heavy atom. The Balaban J connectivity index is 1.57. The molecule has 2 aromatic rings. The number of carboxylic acid groups (broad SMARTS) is 1. The number of hydrogen-bond acceptors (Lipinski definition) is 5. The number of amides is 1. The van der Waals surface area contributed by atoms with Crippen LogP contribution in [0.1, 0.15) is 33.1 Å². The molecule has 7 heteroatoms. The second kappa shape index (κ2) is 7.76. The van der Waals surface area contributed by atoms with Crippen LogP contribution in [0.5, 0.6) is 0 Å². The number of carbonyl (C=O) groups is 2. The van der Waals surface area contributed by atoms with Crippen LogP contribution in [-0.2, 0) is 9.59 Å². The number of aliphatic carboxylic acids is 1. The van der Waals surface area contributed by atoms with Crippen molar-refractivity contribution in [2.75, 3.05) is 18.0 Å². The number of nitrogens with zero attached hydrogens (tertiary/aromatic N) is 2. The summed E-state index contributed by atoms with van der Waals surface area (Å²) in [5, 5.41) is 12.0. The number of anilines is 1. The molecule has 140 valence electrons. The fraction of sp³-hybridized carbons (Fsp3) is 0.526. The number of piperidine rings is 1. The molecule has 0 aliphatic carbocycles. The average molecular weight is 359 g/mol. The van der Waals surface area contributed by atoms with Gasteiger partial charge < -0.3 is 19.7 Å². The van der Waals surface area contributed by atoms with Gasteiger partial charge in [-0.15, -0.1) is 0 Å². The molecule has 2 N–H and O–H groups in total. The molecule has 0 unspecified atom stereocenters. The predicted molar refractivity (Wildman–Crippen MR) is 98.0 cm³/mol. The van der Waals surface area contributed by atoms with E-state index in [9.17, 15) is 14.7 Å². The van der Waals surface area contributed by atoms with E-state index in [2.05, 4.69) is 10.3 Å². The lowest BCUT2D eigenvalue weighted by Gasteiger charge is -2.30. The molecule has 1 saturated heterocycles. The molecule has 1 aromatic carbocycles. The lowest BCUT2D eigenvalue weighted by atomic mass is 9.95. The van der Waals surface area contributed by atoms with Gasteiger partial charge in [0.15, 0.2) is 5.58 Å². The van der Waals surface area contributed by atoms with Crippen molar-refractivity contribution < 1.29 is 19.1 Å². The molecule has 1 atom stereocenters. The van der Waals surface area contributed by atoms with Gasteiger partial charge in [0.2, 0.25) is 5.91 Å². The third-order valence-corrected chi connectivity index (χ3v) is 4.74. The Morgan fingerprint density at radius 1 is 1.31 bits per heavy atom. The fourth-order valence-corrected chi connectivity index (χ4v) is 3.31. The first-order chi connectivity index (χ1) is 12.4. The van der Waals surface area contributed by atoms with Crippen LogP contribution in [-0.4, -0.2) is 41.1 Å². The lowest BCUT2D eigenvalue weighted by Crippen LogP contribution is -2.47. The largest absolute Gasteiger partial charge is 0.480 e. The van der Waals surface area contributed by atoms with Crippen molar-refractivity contribution in [2.24, 2.45) is 11.8 Å². The molecule has 1 aliphatic rings. The molecule has 0 bridgehead atoms. The van der Waals surface area contributed by atoms with E-state index >= 15 is 0 Å². The van der Waals surface area contributed by atoms with Gasteiger partial charge in [0.05, 0.1) is 0 Å². The summed E-state index contributed by atoms with van der Waals surface area (Å²) in [6, 6.07) is 7.37. The number of oxazole rings is 1. The number of para-hydroxylation sites is 2. The number of rotatable bonds is 6. The van der Waals surface area contributed by atoms with E-state index in [1.54, 1.807) is 0 Å². The van der Waals surface area contributed by atoms with Gasteiger partial charge >= 0.3 is 5.97 Å². The van der Waals surface area contributed by atoms with E-state index < -0.39 is 12.0 Å². The molecular formula is C19H25N3O4. The lowest BCUT2D eigenvalue weighted by molar-refractivity contribution is -0.143. The summed E-state index contributed by atoms with van der Waals surface area (Å²) in [7, 11) is 0. The monoisotopic (exact) mass is 359 g/mol. The molecule has 0 saturated carbocycles. The number of benzene rings is 1. The maximum absolute atomic E-state index is 12.4. The summed E-state index contributed by atoms with van der Waals surface area (Å²) < 4.78 is 5.78. The van der Waals surface area contributed by atoms with E-state index in [0.29, 0.717) is 38.4 Å². The maximum atomic E-state index is 12.4. The number of carboxylic acids is 1. The highest BCUT2D eigenvalue weighted by atomic mass is 16.4. The van der Waals surface area contributed by atoms with Gasteiger partial charge in [0, 0.05) is 19.0 Å². The van der Waals surface area contributed by atoms with Gasteiger partial charge in [0.1, 0.15) is 11.6 Å². The van der Waals surface area contributed by atoms with Gasteiger partial charge in [-0.05, 0) is 37.3 Å². The average Bonchev–Trinajstić information content (AvgIpc) is 3.05. The van der Waals surface area contributed by atoms with Crippen molar-refractivity contribution in [3.63, 3.8) is 0 Å². The quantitative estimate of drug-likeness (QED) is 0.823. The van der Waals surface area contributed by atoms with E-state index in [4.69, 9.17) is 4.42 Å². The molecule has 2 heterocycles. The first-order valence-corrected chi connectivity index (χ1v) is 9.07. The number of carbonyl (C=O) groups excluding carboxylic acids is 1. The van der Waals surface area contributed by atoms with E-state index in [-0.39, 0.29) is 17.7 Å². The summed E-state index contributed by atoms with van der Waals surface area (Å²) in [5.74, 6) is -1.12. The molecule has 0 radical (unpaired) electrons. The van der Waals surface area contributed by atoms with E-state index in [1.807, 2.05) is 43.0 Å². The zero-order chi connectivity index (χ0) is 18.7. The van der Waals surface area contributed by atoms with Crippen LogP contribution in [0.3, 0.4) is 0 Å². The predicted octanol–water partition coefficient (Wildman–Crippen LogP) is 2.66. The highest BCUT2D eigenvalue weighted by molar-refractivity contribution is 5.85. The van der Waals surface area contributed by atoms with Crippen molar-refractivity contribution in [2.45, 2.75) is 39.2 Å². The minimum Gasteiger partial charge on any atom is -0.480 e. The number of aromatic nitrogens is 1. The van der Waals surface area contributed by atoms with Crippen molar-refractivity contribution in [1.82, 2.24) is 10.3 Å². The molecule has 3 rings (SSSR count). The number of fused-ring (bicyclic) bond motifs is 1. The van der Waals surface area contributed by atoms with Crippen molar-refractivity contribution >= 4 is 29.0 Å². The standard InChI is InChI=1S/C19H25N3O4/c1-12(2)11-15(18(24)25)20-17(23)13-7-9-22(10-8-13)19-21-14-5-3-4-6-16(14)26-19/h3-6,12-13,15H,7-11H2,1-2H3,(H,20,23)(H,24,25)/t15-/m0/s1. The summed E-state index contributed by atoms with van der Waals surface area (Å²) in [5.41, 5.74) is 1.57. The number of nitrogens with one attached hydrogen (secondary N) is 1. The molecule has 1 aliphatic heterocycles. The van der Waals surface area contributed by atoms with Crippen LogP contribution in [0.15, 0.2) is 28.7 Å². The molecule has 1 fully saturated rings. The third-order valence-electron chi connectivity index (χ3n) is 4.74. The van der Waals surface area contributed by atoms with Gasteiger partial charge in [-0.1, -0.05) is 26.0 Å². The maximum Gasteiger partial charge on any atom is 0.326 e. The smallest absolute Gasteiger partial charge is 0.326 e. The highest BCUT2D eigenvalue weighted by Crippen LogP contribution is 2.26. The minimum atomic E-state index is -0.976. The third kappa shape index (κ3) is 4.15. The van der Waals surface area contributed by atoms with Gasteiger partial charge in [0.25, 0.3) is 6.01 Å². The first-order valence-electron chi connectivity index (χ1n) is 9.07. The normalized spacial score (nSPS) is 16.8. The van der Waals surface area contributed by atoms with E-state index in [0.717, 1.165) is 11.1 Å². The Labute approximate surface area is 152 Å². The van der Waals surface area contributed by atoms with Gasteiger partial charge in [-0.25, -0.2) is 4.79 Å². The molecule has 7 nitrogen and oxygen atoms in total. The Morgan fingerprint density at radius 2 is 2.00 bits per heavy atom. The summed E-state index contributed by atoms with van der Waals surface area (Å²) >= 11 is 0. The van der Waals surface area contributed by atoms with Crippen LogP contribution >= 0.6 is 0 Å². The topological polar surface area (TPSA) is 95.7 Å². The molecule has 1 amide bonds. The minimum absolute atomic E-state index is 0.171. The molecule has 0 spiro atoms. The zero-order valence-electron chi connectivity index (χ0n) is 15.1. The highest BCUT2D eigenvalue weighted by Gasteiger charge is 2.30. The fourth-order valence-electron chi connectivity index (χ4n) is 3.31. The van der Waals surface area contributed by atoms with Crippen molar-refractivity contribution in [3.8, 4) is 0 Å². The van der Waals surface area contributed by atoms with Crippen LogP contribution in [0.4, 0.5) is 6.01 Å². The molecular weight excluding hydrogens is 334 g/mol. The van der Waals surface area contributed by atoms with Gasteiger partial charge in [-0.2, -0.15) is 4.98 Å². The zero-order valence-corrected chi connectivity index (χ0v) is 15.1.